The molecule has 0 unspecified atom stereocenters. The number of nitrogens with zero attached hydrogens (tertiary/aromatic N) is 2. The van der Waals surface area contributed by atoms with Gasteiger partial charge in [0.05, 0.1) is 15.5 Å². The lowest BCUT2D eigenvalue weighted by molar-refractivity contribution is -0.384. The van der Waals surface area contributed by atoms with Crippen molar-refractivity contribution >= 4 is 21.4 Å². The van der Waals surface area contributed by atoms with Crippen LogP contribution in [0.5, 0.6) is 0 Å². The van der Waals surface area contributed by atoms with Crippen LogP contribution in [-0.2, 0) is 16.4 Å². The first-order valence-corrected chi connectivity index (χ1v) is 8.70. The van der Waals surface area contributed by atoms with E-state index in [0.717, 1.165) is 12.0 Å². The van der Waals surface area contributed by atoms with Crippen LogP contribution < -0.4 is 4.31 Å². The monoisotopic (exact) mass is 334 g/mol. The maximum absolute atomic E-state index is 12.8. The normalized spacial score (nSPS) is 11.2. The van der Waals surface area contributed by atoms with E-state index in [2.05, 4.69) is 0 Å². The second-order valence-electron chi connectivity index (χ2n) is 4.94. The maximum Gasteiger partial charge on any atom is 0.269 e. The Morgan fingerprint density at radius 3 is 2.00 bits per heavy atom. The van der Waals surface area contributed by atoms with Gasteiger partial charge in [-0.15, -0.1) is 0 Å². The Kier molecular flexibility index (Phi) is 5.00. The van der Waals surface area contributed by atoms with Crippen molar-refractivity contribution in [2.24, 2.45) is 0 Å². The van der Waals surface area contributed by atoms with Gasteiger partial charge >= 0.3 is 0 Å². The maximum atomic E-state index is 12.8. The van der Waals surface area contributed by atoms with Crippen molar-refractivity contribution in [1.82, 2.24) is 0 Å². The molecule has 0 saturated heterocycles. The van der Waals surface area contributed by atoms with Crippen LogP contribution in [0.25, 0.3) is 0 Å². The molecule has 0 radical (unpaired) electrons. The third-order valence-corrected chi connectivity index (χ3v) is 5.47. The smallest absolute Gasteiger partial charge is 0.267 e. The molecule has 0 atom stereocenters. The first kappa shape index (κ1) is 17.0. The number of anilines is 1. The number of non-ortho nitro benzene ring substituents is 1. The highest BCUT2D eigenvalue weighted by Gasteiger charge is 2.24. The van der Waals surface area contributed by atoms with Crippen molar-refractivity contribution in [2.75, 3.05) is 10.8 Å². The van der Waals surface area contributed by atoms with Crippen LogP contribution in [0.4, 0.5) is 11.4 Å². The molecular formula is C16H18N2O4S. The van der Waals surface area contributed by atoms with Crippen LogP contribution in [0.3, 0.4) is 0 Å². The summed E-state index contributed by atoms with van der Waals surface area (Å²) in [5, 5.41) is 10.7. The summed E-state index contributed by atoms with van der Waals surface area (Å²) < 4.78 is 26.8. The van der Waals surface area contributed by atoms with Gasteiger partial charge in [-0.3, -0.25) is 14.4 Å². The van der Waals surface area contributed by atoms with Gasteiger partial charge in [0.25, 0.3) is 15.7 Å². The lowest BCUT2D eigenvalue weighted by atomic mass is 10.1. The fraction of sp³-hybridized carbons (Fsp3) is 0.250. The first-order chi connectivity index (χ1) is 10.9. The summed E-state index contributed by atoms with van der Waals surface area (Å²) in [4.78, 5) is 10.2. The summed E-state index contributed by atoms with van der Waals surface area (Å²) in [6, 6.07) is 12.2. The standard InChI is InChI=1S/C16H18N2O4S/c1-3-13-5-7-14(8-6-13)17(4-2)23(21,22)16-11-9-15(10-12-16)18(19)20/h5-12H,3-4H2,1-2H3. The average Bonchev–Trinajstić information content (AvgIpc) is 2.56. The summed E-state index contributed by atoms with van der Waals surface area (Å²) in [5.74, 6) is 0. The topological polar surface area (TPSA) is 80.5 Å². The Bertz CT molecular complexity index is 784. The van der Waals surface area contributed by atoms with E-state index in [0.29, 0.717) is 5.69 Å². The predicted octanol–water partition coefficient (Wildman–Crippen LogP) is 3.37. The van der Waals surface area contributed by atoms with E-state index >= 15 is 0 Å². The molecule has 2 rings (SSSR count). The fourth-order valence-corrected chi connectivity index (χ4v) is 3.73. The van der Waals surface area contributed by atoms with E-state index in [1.54, 1.807) is 19.1 Å². The molecule has 0 aliphatic rings. The van der Waals surface area contributed by atoms with Crippen LogP contribution in [0.1, 0.15) is 19.4 Å². The Balaban J connectivity index is 2.39. The second-order valence-corrected chi connectivity index (χ2v) is 6.80. The lowest BCUT2D eigenvalue weighted by Gasteiger charge is -2.23. The van der Waals surface area contributed by atoms with Gasteiger partial charge in [-0.05, 0) is 43.2 Å². The highest BCUT2D eigenvalue weighted by molar-refractivity contribution is 7.92. The molecular weight excluding hydrogens is 316 g/mol. The molecule has 0 saturated carbocycles. The molecule has 23 heavy (non-hydrogen) atoms. The summed E-state index contributed by atoms with van der Waals surface area (Å²) >= 11 is 0. The fourth-order valence-electron chi connectivity index (χ4n) is 2.26. The minimum Gasteiger partial charge on any atom is -0.267 e. The number of aryl methyl sites for hydroxylation is 1. The molecule has 0 bridgehead atoms. The van der Waals surface area contributed by atoms with Gasteiger partial charge in [0.1, 0.15) is 0 Å². The van der Waals surface area contributed by atoms with Gasteiger partial charge in [-0.25, -0.2) is 8.42 Å². The van der Waals surface area contributed by atoms with Crippen molar-refractivity contribution in [1.29, 1.82) is 0 Å². The highest BCUT2D eigenvalue weighted by Crippen LogP contribution is 2.25. The second kappa shape index (κ2) is 6.78. The largest absolute Gasteiger partial charge is 0.269 e. The summed E-state index contributed by atoms with van der Waals surface area (Å²) in [6.07, 6.45) is 0.876. The summed E-state index contributed by atoms with van der Waals surface area (Å²) in [5.41, 5.74) is 1.56. The Morgan fingerprint density at radius 2 is 1.57 bits per heavy atom. The van der Waals surface area contributed by atoms with Gasteiger partial charge in [0, 0.05) is 18.7 Å². The number of rotatable bonds is 6. The average molecular weight is 334 g/mol. The van der Waals surface area contributed by atoms with E-state index in [4.69, 9.17) is 0 Å². The van der Waals surface area contributed by atoms with Crippen LogP contribution in [-0.4, -0.2) is 19.9 Å². The number of nitro benzene ring substituents is 1. The van der Waals surface area contributed by atoms with Crippen molar-refractivity contribution in [2.45, 2.75) is 25.2 Å². The highest BCUT2D eigenvalue weighted by atomic mass is 32.2. The van der Waals surface area contributed by atoms with Crippen molar-refractivity contribution < 1.29 is 13.3 Å². The summed E-state index contributed by atoms with van der Waals surface area (Å²) in [6.45, 7) is 4.04. The van der Waals surface area contributed by atoms with Gasteiger partial charge in [-0.1, -0.05) is 19.1 Å². The molecule has 0 N–H and O–H groups in total. The molecule has 0 aliphatic heterocycles. The molecule has 2 aromatic rings. The number of benzene rings is 2. The van der Waals surface area contributed by atoms with Crippen LogP contribution in [0, 0.1) is 10.1 Å². The number of hydrogen-bond acceptors (Lipinski definition) is 4. The van der Waals surface area contributed by atoms with Gasteiger partial charge < -0.3 is 0 Å². The predicted molar refractivity (Wildman–Crippen MR) is 89.1 cm³/mol. The molecule has 0 amide bonds. The number of hydrogen-bond donors (Lipinski definition) is 0. The molecule has 0 heterocycles. The minimum atomic E-state index is -3.76. The molecule has 6 nitrogen and oxygen atoms in total. The quantitative estimate of drug-likeness (QED) is 0.599. The number of sulfonamides is 1. The van der Waals surface area contributed by atoms with Crippen LogP contribution >= 0.6 is 0 Å². The zero-order valence-electron chi connectivity index (χ0n) is 13.0. The molecule has 122 valence electrons. The molecule has 0 fully saturated rings. The van der Waals surface area contributed by atoms with Crippen molar-refractivity contribution in [3.05, 3.63) is 64.2 Å². The van der Waals surface area contributed by atoms with E-state index < -0.39 is 14.9 Å². The first-order valence-electron chi connectivity index (χ1n) is 7.26. The SMILES string of the molecule is CCc1ccc(N(CC)S(=O)(=O)c2ccc([N+](=O)[O-])cc2)cc1. The molecule has 0 aromatic heterocycles. The third kappa shape index (κ3) is 3.50. The molecule has 0 spiro atoms. The van der Waals surface area contributed by atoms with Gasteiger partial charge in [0.2, 0.25) is 0 Å². The van der Waals surface area contributed by atoms with E-state index in [1.165, 1.54) is 28.6 Å². The molecule has 0 aliphatic carbocycles. The van der Waals surface area contributed by atoms with Gasteiger partial charge in [0.15, 0.2) is 0 Å². The van der Waals surface area contributed by atoms with E-state index in [-0.39, 0.29) is 17.1 Å². The van der Waals surface area contributed by atoms with E-state index in [1.807, 2.05) is 19.1 Å². The van der Waals surface area contributed by atoms with Crippen molar-refractivity contribution in [3.8, 4) is 0 Å². The Hall–Kier alpha value is -2.41. The molecule has 2 aromatic carbocycles. The third-order valence-electron chi connectivity index (χ3n) is 3.56. The van der Waals surface area contributed by atoms with Crippen molar-refractivity contribution in [3.63, 3.8) is 0 Å². The minimum absolute atomic E-state index is 0.0320. The van der Waals surface area contributed by atoms with Crippen LogP contribution in [0.2, 0.25) is 0 Å². The van der Waals surface area contributed by atoms with Crippen LogP contribution in [0.15, 0.2) is 53.4 Å². The zero-order valence-corrected chi connectivity index (χ0v) is 13.8. The summed E-state index contributed by atoms with van der Waals surface area (Å²) in [7, 11) is -3.76. The molecule has 7 heteroatoms. The Labute approximate surface area is 135 Å². The number of nitro groups is 1. The Morgan fingerprint density at radius 1 is 1.00 bits per heavy atom. The lowest BCUT2D eigenvalue weighted by Crippen LogP contribution is -2.30. The van der Waals surface area contributed by atoms with E-state index in [9.17, 15) is 18.5 Å². The zero-order chi connectivity index (χ0) is 17.0. The van der Waals surface area contributed by atoms with Gasteiger partial charge in [-0.2, -0.15) is 0 Å².